The van der Waals surface area contributed by atoms with Crippen LogP contribution in [0.2, 0.25) is 0 Å². The van der Waals surface area contributed by atoms with Crippen LogP contribution in [0.5, 0.6) is 5.75 Å². The number of fused-ring (bicyclic) bond motifs is 4. The molecule has 4 aliphatic heterocycles. The summed E-state index contributed by atoms with van der Waals surface area (Å²) in [6.45, 7) is 11.5. The van der Waals surface area contributed by atoms with Gasteiger partial charge in [-0.1, -0.05) is 12.2 Å². The highest BCUT2D eigenvalue weighted by atomic mass is 16.6. The number of aliphatic hydroxyl groups is 5. The summed E-state index contributed by atoms with van der Waals surface area (Å²) >= 11 is 0. The summed E-state index contributed by atoms with van der Waals surface area (Å²) in [6, 6.07) is 2.87. The van der Waals surface area contributed by atoms with Crippen molar-refractivity contribution >= 4 is 34.5 Å². The molecule has 5 heterocycles. The van der Waals surface area contributed by atoms with Gasteiger partial charge in [-0.3, -0.25) is 19.2 Å². The van der Waals surface area contributed by atoms with Gasteiger partial charge in [0, 0.05) is 29.7 Å². The molecule has 0 saturated carbocycles. The zero-order chi connectivity index (χ0) is 50.2. The summed E-state index contributed by atoms with van der Waals surface area (Å²) in [5.41, 5.74) is -1.11. The molecule has 3 fully saturated rings. The van der Waals surface area contributed by atoms with Crippen LogP contribution >= 0.6 is 0 Å². The Bertz CT molecular complexity index is 2690. The van der Waals surface area contributed by atoms with E-state index in [1.165, 1.54) is 19.3 Å². The Kier molecular flexibility index (Phi) is 13.7. The topological polar surface area (TPSA) is 276 Å². The molecule has 6 N–H and O–H groups in total. The summed E-state index contributed by atoms with van der Waals surface area (Å²) in [5.74, 6) is -4.91. The monoisotopic (exact) mass is 948 g/mol. The number of ketones is 2. The lowest BCUT2D eigenvalue weighted by Gasteiger charge is -2.50. The van der Waals surface area contributed by atoms with Crippen LogP contribution in [0.15, 0.2) is 51.3 Å². The van der Waals surface area contributed by atoms with Gasteiger partial charge in [0.1, 0.15) is 41.5 Å². The summed E-state index contributed by atoms with van der Waals surface area (Å²) < 4.78 is 35.1. The molecule has 12 atom stereocenters. The standard InChI is InChI=1S/C43H52N2O11.C6H8O6/c1-12-13-30-43(7,56-30)26-18-52-40-31(38(26)50)19(2)14-25-33(40)39(51)34-32(37(25)49)23(28-16-27(44(8)9)35(47)20(3)53-28)15-24(36(34)48)29-17-42(6,45(10)11)41(21(4)54-29)55-22(5)46;7-1-2(8)5-3(9)4(10)6(11)12-5/h12-15,18,20-21,27-30,35,41,47-48H,16-17H2,1-11H3;2,5,7-10H,1H2/b13-12+;/t20-,21+,27-,28-,29-,30?,35-,41-,42+,43?;/m1./s1. The van der Waals surface area contributed by atoms with Gasteiger partial charge in [0.25, 0.3) is 0 Å². The van der Waals surface area contributed by atoms with E-state index in [4.69, 9.17) is 43.8 Å². The minimum absolute atomic E-state index is 0.0160. The second kappa shape index (κ2) is 18.4. The largest absolute Gasteiger partial charge is 0.507 e. The second-order valence-electron chi connectivity index (χ2n) is 19.0. The Balaban J connectivity index is 0.000000498. The van der Waals surface area contributed by atoms with Crippen LogP contribution in [0.25, 0.3) is 11.0 Å². The molecule has 2 aromatic carbocycles. The normalized spacial score (nSPS) is 31.7. The van der Waals surface area contributed by atoms with Crippen molar-refractivity contribution in [1.82, 2.24) is 9.80 Å². The maximum Gasteiger partial charge on any atom is 0.377 e. The van der Waals surface area contributed by atoms with Gasteiger partial charge >= 0.3 is 11.9 Å². The van der Waals surface area contributed by atoms with E-state index in [0.717, 1.165) is 0 Å². The van der Waals surface area contributed by atoms with Gasteiger partial charge in [0.05, 0.1) is 64.7 Å². The predicted octanol–water partition coefficient (Wildman–Crippen LogP) is 3.61. The predicted molar refractivity (Wildman–Crippen MR) is 241 cm³/mol. The highest BCUT2D eigenvalue weighted by Gasteiger charge is 2.55. The number of phenols is 1. The van der Waals surface area contributed by atoms with E-state index in [0.29, 0.717) is 16.7 Å². The lowest BCUT2D eigenvalue weighted by molar-refractivity contribution is -0.201. The number of cyclic esters (lactones) is 1. The smallest absolute Gasteiger partial charge is 0.377 e. The first-order valence-electron chi connectivity index (χ1n) is 22.4. The molecule has 1 aromatic heterocycles. The fraction of sp³-hybridized carbons (Fsp3) is 0.531. The molecule has 5 aliphatic rings. The van der Waals surface area contributed by atoms with Gasteiger partial charge in [-0.25, -0.2) is 4.79 Å². The number of hydrogen-bond donors (Lipinski definition) is 6. The third kappa shape index (κ3) is 8.31. The van der Waals surface area contributed by atoms with Gasteiger partial charge in [0.2, 0.25) is 11.5 Å². The number of ether oxygens (including phenoxy) is 5. The SMILES string of the molecule is C/C=C/C1OC1(C)c1coc2c3c(cc(C)c2c1=O)C(=O)c1c([C@H]2C[C@@H](N(C)C)[C@H](O)[C@@H](C)O2)cc([C@H]2C[C@](C)(N(C)C)[C@H](OC(C)=O)[C@H](C)O2)c(O)c1C3=O.O=C1OC(C(O)CO)C(O)=C1O. The lowest BCUT2D eigenvalue weighted by atomic mass is 9.74. The molecule has 0 radical (unpaired) electrons. The first kappa shape index (κ1) is 50.4. The van der Waals surface area contributed by atoms with Crippen molar-refractivity contribution in [2.75, 3.05) is 34.8 Å². The van der Waals surface area contributed by atoms with E-state index >= 15 is 4.79 Å². The number of aryl methyl sites for hydroxylation is 1. The van der Waals surface area contributed by atoms with Crippen molar-refractivity contribution in [2.45, 2.75) is 133 Å². The number of nitrogens with zero attached hydrogens (tertiary/aromatic N) is 2. The molecule has 0 spiro atoms. The number of epoxide rings is 1. The van der Waals surface area contributed by atoms with Crippen LogP contribution < -0.4 is 5.43 Å². The van der Waals surface area contributed by atoms with E-state index in [1.807, 2.05) is 64.0 Å². The van der Waals surface area contributed by atoms with Crippen molar-refractivity contribution in [1.29, 1.82) is 0 Å². The molecule has 0 bridgehead atoms. The fourth-order valence-corrected chi connectivity index (χ4v) is 10.0. The number of likely N-dealkylation sites (N-methyl/N-ethyl adjacent to an activating group) is 2. The number of aromatic hydroxyl groups is 1. The lowest BCUT2D eigenvalue weighted by Crippen LogP contribution is -2.61. The van der Waals surface area contributed by atoms with E-state index < -0.39 is 107 Å². The fourth-order valence-electron chi connectivity index (χ4n) is 10.0. The van der Waals surface area contributed by atoms with Crippen LogP contribution in [0.4, 0.5) is 0 Å². The highest BCUT2D eigenvalue weighted by molar-refractivity contribution is 6.33. The second-order valence-corrected chi connectivity index (χ2v) is 19.0. The van der Waals surface area contributed by atoms with Crippen molar-refractivity contribution in [2.24, 2.45) is 0 Å². The third-order valence-electron chi connectivity index (χ3n) is 14.2. The Morgan fingerprint density at radius 3 is 2.19 bits per heavy atom. The maximum absolute atomic E-state index is 15.1. The Hall–Kier alpha value is -5.51. The number of rotatable bonds is 9. The summed E-state index contributed by atoms with van der Waals surface area (Å²) in [6.07, 6.45) is -1.95. The molecule has 3 saturated heterocycles. The minimum atomic E-state index is -1.42. The molecule has 4 unspecified atom stereocenters. The number of aliphatic hydroxyl groups excluding tert-OH is 5. The van der Waals surface area contributed by atoms with Crippen molar-refractivity contribution in [3.63, 3.8) is 0 Å². The molecule has 19 heteroatoms. The Morgan fingerprint density at radius 2 is 1.62 bits per heavy atom. The van der Waals surface area contributed by atoms with E-state index in [2.05, 4.69) is 4.74 Å². The zero-order valence-corrected chi connectivity index (χ0v) is 39.9. The summed E-state index contributed by atoms with van der Waals surface area (Å²) in [5, 5.41) is 58.6. The van der Waals surface area contributed by atoms with Gasteiger partial charge in [-0.05, 0) is 106 Å². The molecule has 1 aliphatic carbocycles. The van der Waals surface area contributed by atoms with Crippen molar-refractivity contribution in [3.8, 4) is 5.75 Å². The first-order chi connectivity index (χ1) is 31.8. The summed E-state index contributed by atoms with van der Waals surface area (Å²) in [4.78, 5) is 70.8. The summed E-state index contributed by atoms with van der Waals surface area (Å²) in [7, 11) is 7.45. The Morgan fingerprint density at radius 1 is 0.956 bits per heavy atom. The highest BCUT2D eigenvalue weighted by Crippen LogP contribution is 2.51. The zero-order valence-electron chi connectivity index (χ0n) is 39.9. The van der Waals surface area contributed by atoms with E-state index in [1.54, 1.807) is 33.8 Å². The molecule has 68 heavy (non-hydrogen) atoms. The van der Waals surface area contributed by atoms with E-state index in [9.17, 15) is 29.4 Å². The molecular weight excluding hydrogens is 889 g/mol. The van der Waals surface area contributed by atoms with Crippen molar-refractivity contribution < 1.29 is 77.9 Å². The molecule has 368 valence electrons. The van der Waals surface area contributed by atoms with Crippen LogP contribution in [0, 0.1) is 6.92 Å². The molecule has 19 nitrogen and oxygen atoms in total. The van der Waals surface area contributed by atoms with E-state index in [-0.39, 0.29) is 69.2 Å². The number of hydrogen-bond acceptors (Lipinski definition) is 19. The Labute approximate surface area is 392 Å². The molecule has 8 rings (SSSR count). The quantitative estimate of drug-likeness (QED) is 0.0794. The number of phenolic OH excluding ortho intramolecular Hbond substituents is 1. The van der Waals surface area contributed by atoms with Crippen LogP contribution in [0.1, 0.15) is 121 Å². The first-order valence-corrected chi connectivity index (χ1v) is 22.4. The number of carbonyl (C=O) groups excluding carboxylic acids is 4. The van der Waals surface area contributed by atoms with Crippen LogP contribution in [-0.2, 0) is 38.9 Å². The van der Waals surface area contributed by atoms with Crippen molar-refractivity contribution in [3.05, 3.63) is 96.8 Å². The van der Waals surface area contributed by atoms with Crippen LogP contribution in [-0.4, -0.2) is 153 Å². The molecular formula is C49H60N2O17. The van der Waals surface area contributed by atoms with Gasteiger partial charge in [0.15, 0.2) is 23.1 Å². The van der Waals surface area contributed by atoms with Gasteiger partial charge in [-0.2, -0.15) is 0 Å². The maximum atomic E-state index is 15.1. The van der Waals surface area contributed by atoms with Gasteiger partial charge < -0.3 is 68.5 Å². The van der Waals surface area contributed by atoms with Gasteiger partial charge in [-0.15, -0.1) is 0 Å². The molecule has 3 aromatic rings. The van der Waals surface area contributed by atoms with Crippen LogP contribution in [0.3, 0.4) is 0 Å². The minimum Gasteiger partial charge on any atom is -0.507 e. The molecule has 0 amide bonds. The third-order valence-corrected chi connectivity index (χ3v) is 14.2. The average molecular weight is 949 g/mol. The average Bonchev–Trinajstić information content (AvgIpc) is 3.86. The number of benzene rings is 2. The number of carbonyl (C=O) groups is 4. The number of esters is 2. The number of allylic oxidation sites excluding steroid dienone is 1.